The monoisotopic (exact) mass is 500 g/mol. The summed E-state index contributed by atoms with van der Waals surface area (Å²) in [5.74, 6) is 1.74. The van der Waals surface area contributed by atoms with E-state index in [4.69, 9.17) is 18.9 Å². The van der Waals surface area contributed by atoms with Gasteiger partial charge in [0, 0.05) is 16.1 Å². The molecule has 0 aliphatic heterocycles. The van der Waals surface area contributed by atoms with Gasteiger partial charge in [-0.15, -0.1) is 0 Å². The highest BCUT2D eigenvalue weighted by molar-refractivity contribution is 9.11. The fourth-order valence-corrected chi connectivity index (χ4v) is 3.40. The van der Waals surface area contributed by atoms with Crippen molar-refractivity contribution in [1.82, 2.24) is 5.43 Å². The van der Waals surface area contributed by atoms with Gasteiger partial charge in [0.05, 0.1) is 32.0 Å². The number of rotatable bonds is 8. The van der Waals surface area contributed by atoms with E-state index < -0.39 is 5.91 Å². The van der Waals surface area contributed by atoms with Gasteiger partial charge in [-0.2, -0.15) is 5.10 Å². The lowest BCUT2D eigenvalue weighted by molar-refractivity contribution is -0.123. The number of benzene rings is 2. The van der Waals surface area contributed by atoms with Crippen LogP contribution >= 0.6 is 31.9 Å². The molecular formula is C18H18Br2N2O5. The largest absolute Gasteiger partial charge is 0.497 e. The predicted octanol–water partition coefficient (Wildman–Crippen LogP) is 3.77. The van der Waals surface area contributed by atoms with E-state index >= 15 is 0 Å². The van der Waals surface area contributed by atoms with Gasteiger partial charge >= 0.3 is 0 Å². The van der Waals surface area contributed by atoms with E-state index in [1.165, 1.54) is 13.3 Å². The molecule has 0 bridgehead atoms. The fraction of sp³-hybridized carbons (Fsp3) is 0.222. The normalized spacial score (nSPS) is 10.6. The SMILES string of the molecule is COc1ccc(/C=N/NC(=O)COc2c(Br)cc(Br)cc2OC)c(OC)c1. The second-order valence-electron chi connectivity index (χ2n) is 5.11. The molecule has 2 rings (SSSR count). The molecule has 0 atom stereocenters. The maximum Gasteiger partial charge on any atom is 0.277 e. The third-order valence-electron chi connectivity index (χ3n) is 3.38. The summed E-state index contributed by atoms with van der Waals surface area (Å²) in [5, 5.41) is 3.92. The highest BCUT2D eigenvalue weighted by Gasteiger charge is 2.12. The molecule has 0 unspecified atom stereocenters. The molecule has 0 aliphatic carbocycles. The van der Waals surface area contributed by atoms with E-state index in [1.807, 2.05) is 0 Å². The number of halogens is 2. The van der Waals surface area contributed by atoms with Crippen molar-refractivity contribution < 1.29 is 23.7 Å². The first-order chi connectivity index (χ1) is 13.0. The number of hydrazone groups is 1. The van der Waals surface area contributed by atoms with Gasteiger partial charge in [0.2, 0.25) is 0 Å². The lowest BCUT2D eigenvalue weighted by Gasteiger charge is -2.12. The molecule has 0 fully saturated rings. The predicted molar refractivity (Wildman–Crippen MR) is 109 cm³/mol. The summed E-state index contributed by atoms with van der Waals surface area (Å²) in [7, 11) is 4.64. The first-order valence-electron chi connectivity index (χ1n) is 7.68. The summed E-state index contributed by atoms with van der Waals surface area (Å²) < 4.78 is 22.7. The second-order valence-corrected chi connectivity index (χ2v) is 6.88. The van der Waals surface area contributed by atoms with Gasteiger partial charge in [0.15, 0.2) is 18.1 Å². The van der Waals surface area contributed by atoms with Gasteiger partial charge in [-0.1, -0.05) is 15.9 Å². The second kappa shape index (κ2) is 10.2. The van der Waals surface area contributed by atoms with Crippen LogP contribution in [0.2, 0.25) is 0 Å². The molecule has 27 heavy (non-hydrogen) atoms. The van der Waals surface area contributed by atoms with E-state index in [-0.39, 0.29) is 6.61 Å². The van der Waals surface area contributed by atoms with Crippen LogP contribution in [0.3, 0.4) is 0 Å². The minimum absolute atomic E-state index is 0.228. The Hall–Kier alpha value is -2.26. The van der Waals surface area contributed by atoms with Gasteiger partial charge < -0.3 is 18.9 Å². The highest BCUT2D eigenvalue weighted by Crippen LogP contribution is 2.38. The molecule has 0 saturated carbocycles. The Kier molecular flexibility index (Phi) is 7.93. The maximum atomic E-state index is 12.0. The fourth-order valence-electron chi connectivity index (χ4n) is 2.10. The Balaban J connectivity index is 1.97. The van der Waals surface area contributed by atoms with Crippen molar-refractivity contribution in [3.8, 4) is 23.0 Å². The molecule has 1 amide bonds. The maximum absolute atomic E-state index is 12.0. The zero-order valence-electron chi connectivity index (χ0n) is 14.9. The Labute approximate surface area is 173 Å². The molecule has 2 aromatic carbocycles. The van der Waals surface area contributed by atoms with Crippen LogP contribution in [-0.2, 0) is 4.79 Å². The minimum Gasteiger partial charge on any atom is -0.497 e. The number of carbonyl (C=O) groups excluding carboxylic acids is 1. The minimum atomic E-state index is -0.421. The number of hydrogen-bond acceptors (Lipinski definition) is 6. The molecule has 9 heteroatoms. The Morgan fingerprint density at radius 1 is 1.07 bits per heavy atom. The summed E-state index contributed by atoms with van der Waals surface area (Å²) in [6, 6.07) is 8.80. The highest BCUT2D eigenvalue weighted by atomic mass is 79.9. The topological polar surface area (TPSA) is 78.4 Å². The number of hydrogen-bond donors (Lipinski definition) is 1. The average molecular weight is 502 g/mol. The van der Waals surface area contributed by atoms with Crippen LogP contribution in [0.25, 0.3) is 0 Å². The summed E-state index contributed by atoms with van der Waals surface area (Å²) in [6.45, 7) is -0.228. The van der Waals surface area contributed by atoms with Gasteiger partial charge in [-0.3, -0.25) is 4.79 Å². The quantitative estimate of drug-likeness (QED) is 0.440. The summed E-state index contributed by atoms with van der Waals surface area (Å²) in [5.41, 5.74) is 3.09. The van der Waals surface area contributed by atoms with Crippen LogP contribution in [-0.4, -0.2) is 40.1 Å². The summed E-state index contributed by atoms with van der Waals surface area (Å²) in [6.07, 6.45) is 1.48. The molecule has 0 radical (unpaired) electrons. The number of carbonyl (C=O) groups is 1. The van der Waals surface area contributed by atoms with Gasteiger partial charge in [0.1, 0.15) is 11.5 Å². The first-order valence-corrected chi connectivity index (χ1v) is 9.26. The van der Waals surface area contributed by atoms with E-state index in [0.29, 0.717) is 33.0 Å². The molecule has 0 saturated heterocycles. The zero-order chi connectivity index (χ0) is 19.8. The first kappa shape index (κ1) is 21.0. The van der Waals surface area contributed by atoms with Crippen molar-refractivity contribution in [2.45, 2.75) is 0 Å². The van der Waals surface area contributed by atoms with Gasteiger partial charge in [-0.05, 0) is 40.2 Å². The molecule has 0 heterocycles. The van der Waals surface area contributed by atoms with Crippen LogP contribution in [0.1, 0.15) is 5.56 Å². The van der Waals surface area contributed by atoms with Crippen molar-refractivity contribution in [1.29, 1.82) is 0 Å². The molecule has 0 spiro atoms. The Morgan fingerprint density at radius 2 is 1.81 bits per heavy atom. The smallest absolute Gasteiger partial charge is 0.277 e. The van der Waals surface area contributed by atoms with Crippen molar-refractivity contribution >= 4 is 44.0 Å². The summed E-state index contributed by atoms with van der Waals surface area (Å²) >= 11 is 6.74. The van der Waals surface area contributed by atoms with Gasteiger partial charge in [0.25, 0.3) is 5.91 Å². The van der Waals surface area contributed by atoms with Crippen molar-refractivity contribution in [2.24, 2.45) is 5.10 Å². The van der Waals surface area contributed by atoms with Crippen molar-refractivity contribution in [3.63, 3.8) is 0 Å². The molecule has 144 valence electrons. The van der Waals surface area contributed by atoms with Crippen LogP contribution < -0.4 is 24.4 Å². The molecule has 2 aromatic rings. The molecule has 0 aliphatic rings. The van der Waals surface area contributed by atoms with E-state index in [1.54, 1.807) is 44.6 Å². The number of amides is 1. The van der Waals surface area contributed by atoms with Crippen LogP contribution in [0.15, 0.2) is 44.4 Å². The summed E-state index contributed by atoms with van der Waals surface area (Å²) in [4.78, 5) is 12.0. The number of methoxy groups -OCH3 is 3. The van der Waals surface area contributed by atoms with E-state index in [9.17, 15) is 4.79 Å². The number of nitrogens with one attached hydrogen (secondary N) is 1. The standard InChI is InChI=1S/C18H18Br2N2O5/c1-24-13-5-4-11(15(8-13)25-2)9-21-22-17(23)10-27-18-14(20)6-12(19)7-16(18)26-3/h4-9H,10H2,1-3H3,(H,22,23)/b21-9+. The van der Waals surface area contributed by atoms with Crippen LogP contribution in [0, 0.1) is 0 Å². The van der Waals surface area contributed by atoms with E-state index in [2.05, 4.69) is 42.4 Å². The molecule has 7 nitrogen and oxygen atoms in total. The van der Waals surface area contributed by atoms with Gasteiger partial charge in [-0.25, -0.2) is 5.43 Å². The van der Waals surface area contributed by atoms with Crippen LogP contribution in [0.4, 0.5) is 0 Å². The average Bonchev–Trinajstić information content (AvgIpc) is 2.66. The third kappa shape index (κ3) is 5.86. The zero-order valence-corrected chi connectivity index (χ0v) is 18.1. The Bertz CT molecular complexity index is 843. The van der Waals surface area contributed by atoms with Crippen molar-refractivity contribution in [3.05, 3.63) is 44.8 Å². The van der Waals surface area contributed by atoms with Crippen molar-refractivity contribution in [2.75, 3.05) is 27.9 Å². The third-order valence-corrected chi connectivity index (χ3v) is 4.42. The lowest BCUT2D eigenvalue weighted by atomic mass is 10.2. The van der Waals surface area contributed by atoms with Crippen LogP contribution in [0.5, 0.6) is 23.0 Å². The van der Waals surface area contributed by atoms with E-state index in [0.717, 1.165) is 4.47 Å². The molecule has 1 N–H and O–H groups in total. The molecular weight excluding hydrogens is 484 g/mol. The lowest BCUT2D eigenvalue weighted by Crippen LogP contribution is -2.24. The Morgan fingerprint density at radius 3 is 2.48 bits per heavy atom. The number of nitrogens with zero attached hydrogens (tertiary/aromatic N) is 1. The number of ether oxygens (including phenoxy) is 4. The molecule has 0 aromatic heterocycles.